The van der Waals surface area contributed by atoms with E-state index in [1.807, 2.05) is 0 Å². The third-order valence-electron chi connectivity index (χ3n) is 4.02. The van der Waals surface area contributed by atoms with Gasteiger partial charge in [-0.15, -0.1) is 0 Å². The minimum absolute atomic E-state index is 0.414. The number of hydrogen-bond donors (Lipinski definition) is 1. The summed E-state index contributed by atoms with van der Waals surface area (Å²) in [6.07, 6.45) is 9.29. The Morgan fingerprint density at radius 1 is 1.28 bits per heavy atom. The van der Waals surface area contributed by atoms with Crippen molar-refractivity contribution in [3.63, 3.8) is 0 Å². The number of unbranched alkanes of at least 4 members (excludes halogenated alkanes) is 3. The minimum Gasteiger partial charge on any atom is -0.377 e. The van der Waals surface area contributed by atoms with Gasteiger partial charge in [-0.25, -0.2) is 0 Å². The van der Waals surface area contributed by atoms with Crippen molar-refractivity contribution < 1.29 is 4.74 Å². The van der Waals surface area contributed by atoms with Crippen molar-refractivity contribution in [1.29, 1.82) is 0 Å². The Morgan fingerprint density at radius 2 is 2.11 bits per heavy atom. The summed E-state index contributed by atoms with van der Waals surface area (Å²) in [4.78, 5) is 2.58. The van der Waals surface area contributed by atoms with Gasteiger partial charge in [-0.1, -0.05) is 39.5 Å². The van der Waals surface area contributed by atoms with Crippen LogP contribution in [0.25, 0.3) is 0 Å². The third kappa shape index (κ3) is 5.68. The first-order valence-electron chi connectivity index (χ1n) is 7.87. The molecule has 1 heterocycles. The lowest BCUT2D eigenvalue weighted by molar-refractivity contribution is 0.0450. The maximum Gasteiger partial charge on any atom is 0.0699 e. The van der Waals surface area contributed by atoms with Crippen LogP contribution in [0.2, 0.25) is 0 Å². The van der Waals surface area contributed by atoms with Crippen molar-refractivity contribution in [3.8, 4) is 0 Å². The van der Waals surface area contributed by atoms with E-state index in [0.29, 0.717) is 12.1 Å². The summed E-state index contributed by atoms with van der Waals surface area (Å²) in [7, 11) is 0. The molecule has 2 N–H and O–H groups in total. The molecule has 1 rings (SSSR count). The number of hydrogen-bond acceptors (Lipinski definition) is 3. The van der Waals surface area contributed by atoms with Crippen LogP contribution in [0.4, 0.5) is 0 Å². The first-order chi connectivity index (χ1) is 8.81. The van der Waals surface area contributed by atoms with Crippen LogP contribution in [0.5, 0.6) is 0 Å². The SMILES string of the molecule is CCCCCCC(CN)N1CCCOC(CC)C1. The fourth-order valence-corrected chi connectivity index (χ4v) is 2.76. The van der Waals surface area contributed by atoms with E-state index in [9.17, 15) is 0 Å². The topological polar surface area (TPSA) is 38.5 Å². The van der Waals surface area contributed by atoms with Gasteiger partial charge in [0.15, 0.2) is 0 Å². The Balaban J connectivity index is 2.36. The molecule has 3 nitrogen and oxygen atoms in total. The van der Waals surface area contributed by atoms with Crippen LogP contribution in [0.15, 0.2) is 0 Å². The van der Waals surface area contributed by atoms with Crippen molar-refractivity contribution in [2.45, 2.75) is 70.9 Å². The Morgan fingerprint density at radius 3 is 2.78 bits per heavy atom. The lowest BCUT2D eigenvalue weighted by Gasteiger charge is -2.31. The lowest BCUT2D eigenvalue weighted by atomic mass is 10.0. The molecule has 0 aromatic carbocycles. The number of nitrogens with two attached hydrogens (primary N) is 1. The van der Waals surface area contributed by atoms with Gasteiger partial charge < -0.3 is 10.5 Å². The molecule has 0 bridgehead atoms. The molecule has 1 aliphatic heterocycles. The van der Waals surface area contributed by atoms with Gasteiger partial charge in [-0.3, -0.25) is 4.90 Å². The second kappa shape index (κ2) is 9.76. The van der Waals surface area contributed by atoms with Crippen LogP contribution in [0, 0.1) is 0 Å². The van der Waals surface area contributed by atoms with Crippen LogP contribution in [-0.2, 0) is 4.74 Å². The first kappa shape index (κ1) is 15.9. The zero-order valence-electron chi connectivity index (χ0n) is 12.4. The summed E-state index contributed by atoms with van der Waals surface area (Å²) in [5.74, 6) is 0. The second-order valence-corrected chi connectivity index (χ2v) is 5.49. The second-order valence-electron chi connectivity index (χ2n) is 5.49. The van der Waals surface area contributed by atoms with E-state index >= 15 is 0 Å². The maximum atomic E-state index is 5.97. The summed E-state index contributed by atoms with van der Waals surface area (Å²) in [5, 5.41) is 0. The van der Waals surface area contributed by atoms with Gasteiger partial charge in [-0.2, -0.15) is 0 Å². The van der Waals surface area contributed by atoms with Gasteiger partial charge in [0.05, 0.1) is 6.10 Å². The molecule has 18 heavy (non-hydrogen) atoms. The Kier molecular flexibility index (Phi) is 8.64. The molecule has 108 valence electrons. The van der Waals surface area contributed by atoms with Crippen LogP contribution < -0.4 is 5.73 Å². The summed E-state index contributed by atoms with van der Waals surface area (Å²) < 4.78 is 5.84. The van der Waals surface area contributed by atoms with E-state index in [2.05, 4.69) is 18.7 Å². The van der Waals surface area contributed by atoms with E-state index in [4.69, 9.17) is 10.5 Å². The van der Waals surface area contributed by atoms with E-state index in [1.165, 1.54) is 32.1 Å². The van der Waals surface area contributed by atoms with E-state index < -0.39 is 0 Å². The molecule has 1 aliphatic rings. The normalized spacial score (nSPS) is 23.8. The zero-order chi connectivity index (χ0) is 13.2. The number of nitrogens with zero attached hydrogens (tertiary/aromatic N) is 1. The molecule has 1 fully saturated rings. The molecule has 0 amide bonds. The van der Waals surface area contributed by atoms with Crippen molar-refractivity contribution in [2.75, 3.05) is 26.2 Å². The highest BCUT2D eigenvalue weighted by molar-refractivity contribution is 4.77. The molecule has 0 radical (unpaired) electrons. The summed E-state index contributed by atoms with van der Waals surface area (Å²) in [6.45, 7) is 8.42. The molecular weight excluding hydrogens is 224 g/mol. The largest absolute Gasteiger partial charge is 0.377 e. The van der Waals surface area contributed by atoms with E-state index in [-0.39, 0.29) is 0 Å². The Hall–Kier alpha value is -0.120. The fraction of sp³-hybridized carbons (Fsp3) is 1.00. The molecule has 3 heteroatoms. The predicted octanol–water partition coefficient (Wildman–Crippen LogP) is 2.79. The summed E-state index contributed by atoms with van der Waals surface area (Å²) in [5.41, 5.74) is 5.97. The van der Waals surface area contributed by atoms with Crippen LogP contribution in [0.3, 0.4) is 0 Å². The maximum absolute atomic E-state index is 5.97. The van der Waals surface area contributed by atoms with Gasteiger partial charge in [0.25, 0.3) is 0 Å². The molecule has 2 unspecified atom stereocenters. The summed E-state index contributed by atoms with van der Waals surface area (Å²) >= 11 is 0. The fourth-order valence-electron chi connectivity index (χ4n) is 2.76. The van der Waals surface area contributed by atoms with Crippen molar-refractivity contribution >= 4 is 0 Å². The van der Waals surface area contributed by atoms with Gasteiger partial charge in [-0.05, 0) is 19.3 Å². The Bertz CT molecular complexity index is 199. The predicted molar refractivity (Wildman–Crippen MR) is 77.8 cm³/mol. The molecule has 0 aromatic rings. The first-order valence-corrected chi connectivity index (χ1v) is 7.87. The molecule has 2 atom stereocenters. The van der Waals surface area contributed by atoms with Gasteiger partial charge in [0.2, 0.25) is 0 Å². The van der Waals surface area contributed by atoms with Crippen molar-refractivity contribution in [3.05, 3.63) is 0 Å². The average molecular weight is 256 g/mol. The molecule has 0 spiro atoms. The molecule has 0 saturated carbocycles. The highest BCUT2D eigenvalue weighted by Crippen LogP contribution is 2.15. The van der Waals surface area contributed by atoms with E-state index in [0.717, 1.165) is 39.1 Å². The average Bonchev–Trinajstić information content (AvgIpc) is 2.64. The monoisotopic (exact) mass is 256 g/mol. The smallest absolute Gasteiger partial charge is 0.0699 e. The number of ether oxygens (including phenoxy) is 1. The van der Waals surface area contributed by atoms with Gasteiger partial charge in [0, 0.05) is 32.3 Å². The van der Waals surface area contributed by atoms with Gasteiger partial charge >= 0.3 is 0 Å². The van der Waals surface area contributed by atoms with Crippen molar-refractivity contribution in [1.82, 2.24) is 4.90 Å². The molecule has 1 saturated heterocycles. The van der Waals surface area contributed by atoms with Crippen LogP contribution in [-0.4, -0.2) is 43.3 Å². The Labute approximate surface area is 113 Å². The van der Waals surface area contributed by atoms with Crippen LogP contribution >= 0.6 is 0 Å². The quantitative estimate of drug-likeness (QED) is 0.679. The highest BCUT2D eigenvalue weighted by Gasteiger charge is 2.22. The minimum atomic E-state index is 0.414. The molecule has 0 aromatic heterocycles. The van der Waals surface area contributed by atoms with Crippen LogP contribution in [0.1, 0.15) is 58.8 Å². The zero-order valence-corrected chi connectivity index (χ0v) is 12.4. The third-order valence-corrected chi connectivity index (χ3v) is 4.02. The molecular formula is C15H32N2O. The van der Waals surface area contributed by atoms with Gasteiger partial charge in [0.1, 0.15) is 0 Å². The summed E-state index contributed by atoms with van der Waals surface area (Å²) in [6, 6.07) is 0.567. The highest BCUT2D eigenvalue weighted by atomic mass is 16.5. The van der Waals surface area contributed by atoms with E-state index in [1.54, 1.807) is 0 Å². The lowest BCUT2D eigenvalue weighted by Crippen LogP contribution is -2.44. The molecule has 0 aliphatic carbocycles. The number of rotatable bonds is 8. The van der Waals surface area contributed by atoms with Crippen molar-refractivity contribution in [2.24, 2.45) is 5.73 Å². The standard InChI is InChI=1S/C15H32N2O/c1-3-5-6-7-9-14(12-16)17-10-8-11-18-15(4-2)13-17/h14-15H,3-13,16H2,1-2H3.